The maximum Gasteiger partial charge on any atom is 0.158 e. The molecule has 0 bridgehead atoms. The molecule has 0 aliphatic carbocycles. The highest BCUT2D eigenvalue weighted by Crippen LogP contribution is 2.17. The molecule has 0 atom stereocenters. The largest absolute Gasteiger partial charge is 0.260 e. The molecule has 0 aromatic heterocycles. The molecule has 0 aliphatic heterocycles. The van der Waals surface area contributed by atoms with Gasteiger partial charge in [0, 0.05) is 0 Å². The Balaban J connectivity index is 1.75. The molecule has 24 heavy (non-hydrogen) atoms. The maximum atomic E-state index is 4.45. The van der Waals surface area contributed by atoms with Gasteiger partial charge in [-0.3, -0.25) is 5.01 Å². The summed E-state index contributed by atoms with van der Waals surface area (Å²) in [6.07, 6.45) is 1.48. The topological polar surface area (TPSA) is 40.3 Å². The third-order valence-corrected chi connectivity index (χ3v) is 3.40. The van der Waals surface area contributed by atoms with Gasteiger partial charge in [-0.15, -0.1) is 10.2 Å². The van der Waals surface area contributed by atoms with Crippen molar-refractivity contribution in [1.82, 2.24) is 0 Å². The van der Waals surface area contributed by atoms with Crippen LogP contribution in [-0.2, 0) is 6.54 Å². The first-order valence-electron chi connectivity index (χ1n) is 7.77. The Labute approximate surface area is 141 Å². The van der Waals surface area contributed by atoms with E-state index < -0.39 is 0 Å². The van der Waals surface area contributed by atoms with Gasteiger partial charge in [-0.2, -0.15) is 5.10 Å². The van der Waals surface area contributed by atoms with Crippen LogP contribution in [0.4, 0.5) is 11.4 Å². The quantitative estimate of drug-likeness (QED) is 0.259. The van der Waals surface area contributed by atoms with E-state index in [9.17, 15) is 0 Å². The lowest BCUT2D eigenvalue weighted by molar-refractivity contribution is 0.856. The molecule has 3 aromatic carbocycles. The van der Waals surface area contributed by atoms with Crippen molar-refractivity contribution in [2.75, 3.05) is 5.01 Å². The average Bonchev–Trinajstić information content (AvgIpc) is 2.66. The van der Waals surface area contributed by atoms with Crippen molar-refractivity contribution in [3.8, 4) is 0 Å². The zero-order valence-electron chi connectivity index (χ0n) is 13.2. The fourth-order valence-electron chi connectivity index (χ4n) is 2.23. The average molecular weight is 314 g/mol. The molecule has 0 N–H and O–H groups in total. The van der Waals surface area contributed by atoms with E-state index >= 15 is 0 Å². The second-order valence-corrected chi connectivity index (χ2v) is 5.16. The van der Waals surface area contributed by atoms with Gasteiger partial charge in [0.15, 0.2) is 6.34 Å². The summed E-state index contributed by atoms with van der Waals surface area (Å²) in [6, 6.07) is 29.8. The molecule has 3 rings (SSSR count). The molecule has 3 aromatic rings. The van der Waals surface area contributed by atoms with Crippen LogP contribution in [0.1, 0.15) is 5.56 Å². The highest BCUT2D eigenvalue weighted by atomic mass is 15.5. The summed E-state index contributed by atoms with van der Waals surface area (Å²) in [6.45, 7) is 0.669. The smallest absolute Gasteiger partial charge is 0.158 e. The Morgan fingerprint density at radius 2 is 1.29 bits per heavy atom. The van der Waals surface area contributed by atoms with Crippen molar-refractivity contribution >= 4 is 17.7 Å². The summed E-state index contributed by atoms with van der Waals surface area (Å²) >= 11 is 0. The molecular weight excluding hydrogens is 296 g/mol. The Kier molecular flexibility index (Phi) is 5.46. The van der Waals surface area contributed by atoms with Crippen LogP contribution in [0.2, 0.25) is 0 Å². The third-order valence-electron chi connectivity index (χ3n) is 3.40. The van der Waals surface area contributed by atoms with E-state index in [2.05, 4.69) is 27.5 Å². The third kappa shape index (κ3) is 4.61. The van der Waals surface area contributed by atoms with Gasteiger partial charge < -0.3 is 0 Å². The minimum absolute atomic E-state index is 0.669. The fourth-order valence-corrected chi connectivity index (χ4v) is 2.23. The van der Waals surface area contributed by atoms with E-state index in [1.807, 2.05) is 83.9 Å². The Morgan fingerprint density at radius 1 is 0.708 bits per heavy atom. The van der Waals surface area contributed by atoms with Gasteiger partial charge in [0.05, 0.1) is 17.9 Å². The van der Waals surface area contributed by atoms with Gasteiger partial charge >= 0.3 is 0 Å². The van der Waals surface area contributed by atoms with Crippen LogP contribution in [-0.4, -0.2) is 6.34 Å². The lowest BCUT2D eigenvalue weighted by Gasteiger charge is -2.18. The lowest BCUT2D eigenvalue weighted by atomic mass is 10.2. The first kappa shape index (κ1) is 15.6. The van der Waals surface area contributed by atoms with Crippen molar-refractivity contribution in [3.63, 3.8) is 0 Å². The number of hydrogen-bond donors (Lipinski definition) is 0. The Bertz CT molecular complexity index is 784. The molecule has 0 aliphatic rings. The van der Waals surface area contributed by atoms with Crippen molar-refractivity contribution in [2.45, 2.75) is 6.54 Å². The van der Waals surface area contributed by atoms with E-state index in [4.69, 9.17) is 0 Å². The monoisotopic (exact) mass is 314 g/mol. The van der Waals surface area contributed by atoms with E-state index in [-0.39, 0.29) is 0 Å². The number of hydrogen-bond acceptors (Lipinski definition) is 3. The minimum atomic E-state index is 0.669. The van der Waals surface area contributed by atoms with Crippen molar-refractivity contribution in [1.29, 1.82) is 0 Å². The SMILES string of the molecule is C(=NN(Cc1ccccc1)c1ccccc1)N=Nc1ccccc1. The molecule has 0 fully saturated rings. The van der Waals surface area contributed by atoms with Crippen molar-refractivity contribution in [3.05, 3.63) is 96.6 Å². The van der Waals surface area contributed by atoms with Crippen LogP contribution in [0.25, 0.3) is 0 Å². The van der Waals surface area contributed by atoms with Gasteiger partial charge in [0.25, 0.3) is 0 Å². The molecule has 4 nitrogen and oxygen atoms in total. The molecule has 4 heteroatoms. The zero-order chi connectivity index (χ0) is 16.5. The zero-order valence-corrected chi connectivity index (χ0v) is 13.2. The van der Waals surface area contributed by atoms with Gasteiger partial charge in [-0.1, -0.05) is 66.7 Å². The lowest BCUT2D eigenvalue weighted by Crippen LogP contribution is -2.15. The van der Waals surface area contributed by atoms with Crippen LogP contribution in [0, 0.1) is 0 Å². The standard InChI is InChI=1S/C20H18N4/c1-4-10-18(11-5-1)16-24(20-14-8-3-9-15-20)22-17-21-23-19-12-6-2-7-13-19/h1-15,17H,16H2. The van der Waals surface area contributed by atoms with Crippen molar-refractivity contribution in [2.24, 2.45) is 15.3 Å². The first-order valence-corrected chi connectivity index (χ1v) is 7.77. The number of anilines is 1. The minimum Gasteiger partial charge on any atom is -0.260 e. The van der Waals surface area contributed by atoms with E-state index in [0.717, 1.165) is 11.4 Å². The molecule has 0 saturated carbocycles. The predicted octanol–water partition coefficient (Wildman–Crippen LogP) is 5.42. The van der Waals surface area contributed by atoms with Gasteiger partial charge in [0.1, 0.15) is 0 Å². The van der Waals surface area contributed by atoms with Gasteiger partial charge in [0.2, 0.25) is 0 Å². The predicted molar refractivity (Wildman–Crippen MR) is 98.5 cm³/mol. The molecule has 118 valence electrons. The van der Waals surface area contributed by atoms with Crippen LogP contribution in [0.5, 0.6) is 0 Å². The molecule has 0 unspecified atom stereocenters. The van der Waals surface area contributed by atoms with E-state index in [0.29, 0.717) is 6.54 Å². The second-order valence-electron chi connectivity index (χ2n) is 5.16. The Hall–Kier alpha value is -3.27. The van der Waals surface area contributed by atoms with Crippen LogP contribution in [0.15, 0.2) is 106 Å². The highest BCUT2D eigenvalue weighted by molar-refractivity contribution is 5.59. The molecule has 0 spiro atoms. The van der Waals surface area contributed by atoms with E-state index in [1.54, 1.807) is 0 Å². The number of hydrazone groups is 1. The molecule has 0 saturated heterocycles. The summed E-state index contributed by atoms with van der Waals surface area (Å²) in [5.74, 6) is 0. The Morgan fingerprint density at radius 3 is 1.96 bits per heavy atom. The summed E-state index contributed by atoms with van der Waals surface area (Å²) in [4.78, 5) is 0. The normalized spacial score (nSPS) is 11.2. The summed E-state index contributed by atoms with van der Waals surface area (Å²) < 4.78 is 0. The number of nitrogens with zero attached hydrogens (tertiary/aromatic N) is 4. The number of azo groups is 1. The number of para-hydroxylation sites is 1. The van der Waals surface area contributed by atoms with Crippen molar-refractivity contribution < 1.29 is 0 Å². The number of benzene rings is 3. The first-order chi connectivity index (χ1) is 11.9. The van der Waals surface area contributed by atoms with E-state index in [1.165, 1.54) is 11.9 Å². The maximum absolute atomic E-state index is 4.45. The van der Waals surface area contributed by atoms with Gasteiger partial charge in [-0.25, -0.2) is 0 Å². The van der Waals surface area contributed by atoms with Crippen LogP contribution in [0.3, 0.4) is 0 Å². The summed E-state index contributed by atoms with van der Waals surface area (Å²) in [5.41, 5.74) is 2.99. The second kappa shape index (κ2) is 8.39. The number of rotatable bonds is 6. The fraction of sp³-hybridized carbons (Fsp3) is 0.0500. The van der Waals surface area contributed by atoms with Crippen LogP contribution < -0.4 is 5.01 Å². The molecule has 0 radical (unpaired) electrons. The van der Waals surface area contributed by atoms with Gasteiger partial charge in [-0.05, 0) is 29.8 Å². The molecule has 0 amide bonds. The summed E-state index contributed by atoms with van der Waals surface area (Å²) in [7, 11) is 0. The molecule has 0 heterocycles. The molecular formula is C20H18N4. The summed E-state index contributed by atoms with van der Waals surface area (Å²) in [5, 5.41) is 14.5. The highest BCUT2D eigenvalue weighted by Gasteiger charge is 2.04. The van der Waals surface area contributed by atoms with Crippen LogP contribution >= 0.6 is 0 Å².